The molecule has 1 fully saturated rings. The third-order valence-electron chi connectivity index (χ3n) is 2.91. The van der Waals surface area contributed by atoms with Crippen molar-refractivity contribution in [3.63, 3.8) is 0 Å². The van der Waals surface area contributed by atoms with Crippen LogP contribution in [-0.2, 0) is 9.59 Å². The molecule has 2 heterocycles. The van der Waals surface area contributed by atoms with Gasteiger partial charge in [-0.15, -0.1) is 0 Å². The molecule has 2 rings (SSSR count). The molecule has 98 valence electrons. The molecule has 2 amide bonds. The Morgan fingerprint density at radius 2 is 2.44 bits per heavy atom. The number of nitrogens with zero attached hydrogens (tertiary/aromatic N) is 2. The fraction of sp³-hybridized carbons (Fsp3) is 0.583. The van der Waals surface area contributed by atoms with Crippen LogP contribution in [0.1, 0.15) is 20.3 Å². The van der Waals surface area contributed by atoms with Gasteiger partial charge in [0.2, 0.25) is 17.8 Å². The van der Waals surface area contributed by atoms with Crippen LogP contribution in [0.25, 0.3) is 0 Å². The van der Waals surface area contributed by atoms with E-state index in [0.29, 0.717) is 31.4 Å². The van der Waals surface area contributed by atoms with Gasteiger partial charge in [0.15, 0.2) is 0 Å². The van der Waals surface area contributed by atoms with Crippen molar-refractivity contribution in [3.05, 3.63) is 12.4 Å². The molecule has 6 nitrogen and oxygen atoms in total. The highest BCUT2D eigenvalue weighted by Gasteiger charge is 2.34. The number of aromatic amines is 1. The largest absolute Gasteiger partial charge is 0.342 e. The van der Waals surface area contributed by atoms with Crippen LogP contribution in [0.2, 0.25) is 0 Å². The first-order chi connectivity index (χ1) is 8.56. The number of imidazole rings is 1. The van der Waals surface area contributed by atoms with Gasteiger partial charge in [-0.3, -0.25) is 14.9 Å². The van der Waals surface area contributed by atoms with Gasteiger partial charge in [-0.2, -0.15) is 0 Å². The van der Waals surface area contributed by atoms with E-state index < -0.39 is 0 Å². The van der Waals surface area contributed by atoms with Gasteiger partial charge in [-0.25, -0.2) is 4.98 Å². The molecule has 1 aliphatic heterocycles. The molecule has 6 heteroatoms. The first-order valence-electron chi connectivity index (χ1n) is 6.14. The van der Waals surface area contributed by atoms with Crippen molar-refractivity contribution in [2.24, 2.45) is 11.8 Å². The number of hydrogen-bond donors (Lipinski definition) is 2. The molecule has 0 spiro atoms. The smallest absolute Gasteiger partial charge is 0.232 e. The predicted molar refractivity (Wildman–Crippen MR) is 66.7 cm³/mol. The first-order valence-corrected chi connectivity index (χ1v) is 6.14. The maximum Gasteiger partial charge on any atom is 0.232 e. The molecule has 1 aromatic rings. The summed E-state index contributed by atoms with van der Waals surface area (Å²) in [7, 11) is 0. The summed E-state index contributed by atoms with van der Waals surface area (Å²) in [6.07, 6.45) is 3.50. The number of likely N-dealkylation sites (tertiary alicyclic amines) is 1. The zero-order valence-electron chi connectivity index (χ0n) is 10.6. The second kappa shape index (κ2) is 5.20. The summed E-state index contributed by atoms with van der Waals surface area (Å²) in [5.41, 5.74) is 0. The van der Waals surface area contributed by atoms with E-state index in [9.17, 15) is 9.59 Å². The fourth-order valence-corrected chi connectivity index (χ4v) is 2.12. The van der Waals surface area contributed by atoms with Crippen LogP contribution in [0.3, 0.4) is 0 Å². The Kier molecular flexibility index (Phi) is 3.64. The Hall–Kier alpha value is -1.85. The lowest BCUT2D eigenvalue weighted by Crippen LogP contribution is -2.31. The maximum atomic E-state index is 11.9. The lowest BCUT2D eigenvalue weighted by atomic mass is 10.1. The van der Waals surface area contributed by atoms with E-state index >= 15 is 0 Å². The van der Waals surface area contributed by atoms with Gasteiger partial charge < -0.3 is 9.88 Å². The minimum atomic E-state index is -0.277. The van der Waals surface area contributed by atoms with Crippen LogP contribution in [0.15, 0.2) is 12.4 Å². The number of amides is 2. The molecule has 1 saturated heterocycles. The molecular weight excluding hydrogens is 232 g/mol. The average Bonchev–Trinajstić information content (AvgIpc) is 2.89. The van der Waals surface area contributed by atoms with Crippen molar-refractivity contribution < 1.29 is 9.59 Å². The maximum absolute atomic E-state index is 11.9. The van der Waals surface area contributed by atoms with E-state index in [1.165, 1.54) is 0 Å². The second-order valence-corrected chi connectivity index (χ2v) is 5.02. The Bertz CT molecular complexity index is 427. The number of anilines is 1. The van der Waals surface area contributed by atoms with Gasteiger partial charge in [0.05, 0.1) is 5.92 Å². The Morgan fingerprint density at radius 3 is 3.06 bits per heavy atom. The summed E-state index contributed by atoms with van der Waals surface area (Å²) in [6.45, 7) is 5.33. The van der Waals surface area contributed by atoms with Crippen molar-refractivity contribution in [2.45, 2.75) is 20.3 Å². The Morgan fingerprint density at radius 1 is 1.67 bits per heavy atom. The summed E-state index contributed by atoms with van der Waals surface area (Å²) < 4.78 is 0. The standard InChI is InChI=1S/C12H18N4O2/c1-8(2)6-16-7-9(5-10(16)17)11(18)15-12-13-3-4-14-12/h3-4,8-9H,5-7H2,1-2H3,(H2,13,14,15,18). The quantitative estimate of drug-likeness (QED) is 0.831. The number of aromatic nitrogens is 2. The highest BCUT2D eigenvalue weighted by molar-refractivity contribution is 5.96. The number of carbonyl (C=O) groups is 2. The molecule has 18 heavy (non-hydrogen) atoms. The molecule has 0 aliphatic carbocycles. The molecule has 0 bridgehead atoms. The molecule has 0 saturated carbocycles. The van der Waals surface area contributed by atoms with E-state index in [1.54, 1.807) is 17.3 Å². The highest BCUT2D eigenvalue weighted by Crippen LogP contribution is 2.20. The number of nitrogens with one attached hydrogen (secondary N) is 2. The Labute approximate surface area is 106 Å². The molecule has 0 aromatic carbocycles. The highest BCUT2D eigenvalue weighted by atomic mass is 16.2. The van der Waals surface area contributed by atoms with Gasteiger partial charge in [0.1, 0.15) is 0 Å². The van der Waals surface area contributed by atoms with Crippen LogP contribution in [0.5, 0.6) is 0 Å². The van der Waals surface area contributed by atoms with E-state index in [-0.39, 0.29) is 17.7 Å². The van der Waals surface area contributed by atoms with Crippen molar-refractivity contribution in [3.8, 4) is 0 Å². The van der Waals surface area contributed by atoms with Gasteiger partial charge in [-0.1, -0.05) is 13.8 Å². The Balaban J connectivity index is 1.91. The van der Waals surface area contributed by atoms with Crippen LogP contribution in [0, 0.1) is 11.8 Å². The third kappa shape index (κ3) is 2.88. The first kappa shape index (κ1) is 12.6. The minimum absolute atomic E-state index is 0.0586. The SMILES string of the molecule is CC(C)CN1CC(C(=O)Nc2ncc[nH]2)CC1=O. The summed E-state index contributed by atoms with van der Waals surface area (Å²) in [4.78, 5) is 32.2. The molecule has 1 aromatic heterocycles. The molecule has 1 unspecified atom stereocenters. The van der Waals surface area contributed by atoms with Crippen molar-refractivity contribution in [1.29, 1.82) is 0 Å². The topological polar surface area (TPSA) is 78.1 Å². The molecule has 0 radical (unpaired) electrons. The lowest BCUT2D eigenvalue weighted by Gasteiger charge is -2.18. The molecule has 2 N–H and O–H groups in total. The van der Waals surface area contributed by atoms with E-state index in [4.69, 9.17) is 0 Å². The summed E-state index contributed by atoms with van der Waals surface area (Å²) in [5.74, 6) is 0.477. The number of hydrogen-bond acceptors (Lipinski definition) is 3. The van der Waals surface area contributed by atoms with Crippen LogP contribution < -0.4 is 5.32 Å². The summed E-state index contributed by atoms with van der Waals surface area (Å²) >= 11 is 0. The number of carbonyl (C=O) groups excluding carboxylic acids is 2. The van der Waals surface area contributed by atoms with Gasteiger partial charge in [0.25, 0.3) is 0 Å². The van der Waals surface area contributed by atoms with Gasteiger partial charge in [0, 0.05) is 31.9 Å². The van der Waals surface area contributed by atoms with Crippen molar-refractivity contribution in [2.75, 3.05) is 18.4 Å². The molecule has 1 aliphatic rings. The van der Waals surface area contributed by atoms with Gasteiger partial charge >= 0.3 is 0 Å². The minimum Gasteiger partial charge on any atom is -0.342 e. The third-order valence-corrected chi connectivity index (χ3v) is 2.91. The van der Waals surface area contributed by atoms with Crippen LogP contribution in [0.4, 0.5) is 5.95 Å². The van der Waals surface area contributed by atoms with E-state index in [2.05, 4.69) is 29.1 Å². The average molecular weight is 250 g/mol. The zero-order valence-corrected chi connectivity index (χ0v) is 10.6. The predicted octanol–water partition coefficient (Wildman–Crippen LogP) is 0.853. The lowest BCUT2D eigenvalue weighted by molar-refractivity contribution is -0.128. The van der Waals surface area contributed by atoms with Crippen molar-refractivity contribution in [1.82, 2.24) is 14.9 Å². The van der Waals surface area contributed by atoms with E-state index in [0.717, 1.165) is 0 Å². The monoisotopic (exact) mass is 250 g/mol. The molecular formula is C12H18N4O2. The van der Waals surface area contributed by atoms with E-state index in [1.807, 2.05) is 0 Å². The van der Waals surface area contributed by atoms with Crippen LogP contribution >= 0.6 is 0 Å². The fourth-order valence-electron chi connectivity index (χ4n) is 2.12. The van der Waals surface area contributed by atoms with Crippen molar-refractivity contribution >= 4 is 17.8 Å². The molecule has 1 atom stereocenters. The zero-order chi connectivity index (χ0) is 13.1. The van der Waals surface area contributed by atoms with Crippen LogP contribution in [-0.4, -0.2) is 39.8 Å². The second-order valence-electron chi connectivity index (χ2n) is 5.02. The normalized spacial score (nSPS) is 19.6. The summed E-state index contributed by atoms with van der Waals surface area (Å²) in [5, 5.41) is 2.67. The summed E-state index contributed by atoms with van der Waals surface area (Å²) in [6, 6.07) is 0. The van der Waals surface area contributed by atoms with Gasteiger partial charge in [-0.05, 0) is 5.92 Å². The number of H-pyrrole nitrogens is 1. The number of rotatable bonds is 4.